The zero-order valence-electron chi connectivity index (χ0n) is 18.2. The number of rotatable bonds is 8. The van der Waals surface area contributed by atoms with E-state index in [1.54, 1.807) is 0 Å². The Balaban J connectivity index is 1.42. The summed E-state index contributed by atoms with van der Waals surface area (Å²) >= 11 is 4.83. The van der Waals surface area contributed by atoms with E-state index < -0.39 is 22.6 Å². The van der Waals surface area contributed by atoms with E-state index in [2.05, 4.69) is 19.1 Å². The van der Waals surface area contributed by atoms with Crippen LogP contribution in [0.3, 0.4) is 0 Å². The van der Waals surface area contributed by atoms with E-state index in [0.29, 0.717) is 17.6 Å². The van der Waals surface area contributed by atoms with Gasteiger partial charge in [-0.25, -0.2) is 8.78 Å². The van der Waals surface area contributed by atoms with Crippen LogP contribution in [0.15, 0.2) is 24.3 Å². The molecule has 0 unspecified atom stereocenters. The van der Waals surface area contributed by atoms with E-state index in [1.165, 1.54) is 25.7 Å². The lowest BCUT2D eigenvalue weighted by atomic mass is 9.78. The minimum atomic E-state index is -4.05. The predicted octanol–water partition coefficient (Wildman–Crippen LogP) is 8.46. The standard InChI is InChI=1S/C25H33ClF4O/c1-2-3-4-5-17-8-12-21(13-9-17)31-16-18-6-10-19(11-7-18)20-14-22(27)24(23(28)15-20)25(26,29)30/h2-3,14-15,17-19,21H,4-13,16H2,1H3/b3-2+. The molecule has 2 fully saturated rings. The van der Waals surface area contributed by atoms with Crippen molar-refractivity contribution >= 4 is 11.6 Å². The second-order valence-corrected chi connectivity index (χ2v) is 9.67. The third-order valence-electron chi connectivity index (χ3n) is 7.00. The largest absolute Gasteiger partial charge is 0.378 e. The molecule has 174 valence electrons. The lowest BCUT2D eigenvalue weighted by Crippen LogP contribution is -2.26. The van der Waals surface area contributed by atoms with Gasteiger partial charge in [-0.2, -0.15) is 8.78 Å². The van der Waals surface area contributed by atoms with Crippen molar-refractivity contribution in [2.24, 2.45) is 11.8 Å². The minimum Gasteiger partial charge on any atom is -0.378 e. The number of halogens is 5. The highest BCUT2D eigenvalue weighted by Gasteiger charge is 2.36. The molecule has 2 saturated carbocycles. The van der Waals surface area contributed by atoms with Crippen molar-refractivity contribution in [3.63, 3.8) is 0 Å². The zero-order chi connectivity index (χ0) is 22.4. The molecule has 0 N–H and O–H groups in total. The van der Waals surface area contributed by atoms with Crippen molar-refractivity contribution in [2.75, 3.05) is 6.61 Å². The molecule has 0 radical (unpaired) electrons. The smallest absolute Gasteiger partial charge is 0.353 e. The summed E-state index contributed by atoms with van der Waals surface area (Å²) in [5, 5.41) is -4.05. The normalized spacial score (nSPS) is 27.7. The second-order valence-electron chi connectivity index (χ2n) is 9.20. The molecule has 2 aliphatic rings. The molecule has 0 heterocycles. The molecule has 0 atom stereocenters. The van der Waals surface area contributed by atoms with E-state index >= 15 is 0 Å². The Hall–Kier alpha value is -1.07. The van der Waals surface area contributed by atoms with Crippen molar-refractivity contribution in [3.8, 4) is 0 Å². The molecule has 0 bridgehead atoms. The second kappa shape index (κ2) is 11.2. The van der Waals surface area contributed by atoms with Gasteiger partial charge in [-0.05, 0) is 118 Å². The first-order valence-electron chi connectivity index (χ1n) is 11.6. The van der Waals surface area contributed by atoms with Crippen LogP contribution < -0.4 is 0 Å². The van der Waals surface area contributed by atoms with Crippen LogP contribution in [0.1, 0.15) is 88.2 Å². The van der Waals surface area contributed by atoms with Crippen molar-refractivity contribution in [2.45, 2.75) is 88.5 Å². The molecule has 1 aromatic rings. The number of hydrogen-bond acceptors (Lipinski definition) is 1. The summed E-state index contributed by atoms with van der Waals surface area (Å²) in [5.41, 5.74) is -0.924. The number of ether oxygens (including phenoxy) is 1. The number of alkyl halides is 3. The molecule has 0 saturated heterocycles. The summed E-state index contributed by atoms with van der Waals surface area (Å²) in [5.74, 6) is -1.31. The van der Waals surface area contributed by atoms with E-state index in [1.807, 2.05) is 0 Å². The average Bonchev–Trinajstić information content (AvgIpc) is 2.72. The van der Waals surface area contributed by atoms with Gasteiger partial charge in [0.2, 0.25) is 0 Å². The van der Waals surface area contributed by atoms with Gasteiger partial charge in [-0.1, -0.05) is 12.2 Å². The van der Waals surface area contributed by atoms with Crippen molar-refractivity contribution in [3.05, 3.63) is 47.0 Å². The summed E-state index contributed by atoms with van der Waals surface area (Å²) in [6, 6.07) is 2.04. The third-order valence-corrected chi connectivity index (χ3v) is 7.19. The van der Waals surface area contributed by atoms with Crippen LogP contribution in [-0.2, 0) is 10.1 Å². The van der Waals surface area contributed by atoms with Gasteiger partial charge in [0.05, 0.1) is 6.10 Å². The molecule has 31 heavy (non-hydrogen) atoms. The van der Waals surface area contributed by atoms with E-state index in [9.17, 15) is 17.6 Å². The zero-order valence-corrected chi connectivity index (χ0v) is 19.0. The van der Waals surface area contributed by atoms with Gasteiger partial charge in [-0.15, -0.1) is 0 Å². The van der Waals surface area contributed by atoms with E-state index in [-0.39, 0.29) is 5.92 Å². The Labute approximate surface area is 188 Å². The quantitative estimate of drug-likeness (QED) is 0.215. The lowest BCUT2D eigenvalue weighted by molar-refractivity contribution is -0.00825. The van der Waals surface area contributed by atoms with E-state index in [4.69, 9.17) is 16.3 Å². The molecule has 0 aliphatic heterocycles. The fourth-order valence-corrected chi connectivity index (χ4v) is 5.30. The van der Waals surface area contributed by atoms with Gasteiger partial charge in [0, 0.05) is 6.61 Å². The predicted molar refractivity (Wildman–Crippen MR) is 117 cm³/mol. The van der Waals surface area contributed by atoms with Crippen LogP contribution in [0, 0.1) is 23.5 Å². The van der Waals surface area contributed by atoms with Gasteiger partial charge >= 0.3 is 5.38 Å². The Morgan fingerprint density at radius 2 is 1.55 bits per heavy atom. The Morgan fingerprint density at radius 1 is 0.968 bits per heavy atom. The van der Waals surface area contributed by atoms with Gasteiger partial charge < -0.3 is 4.74 Å². The van der Waals surface area contributed by atoms with Crippen molar-refractivity contribution in [1.29, 1.82) is 0 Å². The number of allylic oxidation sites excluding steroid dienone is 2. The van der Waals surface area contributed by atoms with Crippen LogP contribution in [0.5, 0.6) is 0 Å². The van der Waals surface area contributed by atoms with E-state index in [0.717, 1.165) is 63.2 Å². The van der Waals surface area contributed by atoms with Gasteiger partial charge in [-0.3, -0.25) is 0 Å². The molecule has 6 heteroatoms. The lowest BCUT2D eigenvalue weighted by Gasteiger charge is -2.32. The molecule has 3 rings (SSSR count). The van der Waals surface area contributed by atoms with Crippen LogP contribution >= 0.6 is 11.6 Å². The van der Waals surface area contributed by atoms with Gasteiger partial charge in [0.1, 0.15) is 17.2 Å². The Kier molecular flexibility index (Phi) is 8.86. The first-order valence-corrected chi connectivity index (χ1v) is 11.9. The molecule has 0 spiro atoms. The highest BCUT2D eigenvalue weighted by atomic mass is 35.5. The maximum Gasteiger partial charge on any atom is 0.353 e. The molecule has 1 nitrogen and oxygen atoms in total. The van der Waals surface area contributed by atoms with Crippen LogP contribution in [0.25, 0.3) is 0 Å². The maximum absolute atomic E-state index is 14.1. The van der Waals surface area contributed by atoms with Gasteiger partial charge in [0.25, 0.3) is 0 Å². The SMILES string of the molecule is C/C=C/CCC1CCC(OCC2CCC(c3cc(F)c(C(F)(F)Cl)c(F)c3)CC2)CC1. The van der Waals surface area contributed by atoms with Crippen molar-refractivity contribution in [1.82, 2.24) is 0 Å². The molecule has 0 amide bonds. The Bertz CT molecular complexity index is 707. The fourth-order valence-electron chi connectivity index (χ4n) is 5.12. The summed E-state index contributed by atoms with van der Waals surface area (Å²) in [6.45, 7) is 2.80. The van der Waals surface area contributed by atoms with Crippen LogP contribution in [0.4, 0.5) is 17.6 Å². The van der Waals surface area contributed by atoms with Crippen LogP contribution in [-0.4, -0.2) is 12.7 Å². The highest BCUT2D eigenvalue weighted by Crippen LogP contribution is 2.41. The molecule has 0 aromatic heterocycles. The molecular formula is C25H33ClF4O. The molecular weight excluding hydrogens is 428 g/mol. The first kappa shape index (κ1) is 24.6. The Morgan fingerprint density at radius 3 is 2.10 bits per heavy atom. The molecule has 2 aliphatic carbocycles. The highest BCUT2D eigenvalue weighted by molar-refractivity contribution is 6.21. The summed E-state index contributed by atoms with van der Waals surface area (Å²) in [6.07, 6.45) is 15.3. The topological polar surface area (TPSA) is 9.23 Å². The van der Waals surface area contributed by atoms with Crippen LogP contribution in [0.2, 0.25) is 0 Å². The monoisotopic (exact) mass is 460 g/mol. The van der Waals surface area contributed by atoms with Crippen molar-refractivity contribution < 1.29 is 22.3 Å². The average molecular weight is 461 g/mol. The number of hydrogen-bond donors (Lipinski definition) is 0. The third kappa shape index (κ3) is 6.95. The minimum absolute atomic E-state index is 0.0224. The number of benzene rings is 1. The maximum atomic E-state index is 14.1. The summed E-state index contributed by atoms with van der Waals surface area (Å²) in [7, 11) is 0. The summed E-state index contributed by atoms with van der Waals surface area (Å²) in [4.78, 5) is 0. The summed E-state index contributed by atoms with van der Waals surface area (Å²) < 4.78 is 60.7. The fraction of sp³-hybridized carbons (Fsp3) is 0.680. The van der Waals surface area contributed by atoms with Gasteiger partial charge in [0.15, 0.2) is 0 Å². The first-order chi connectivity index (χ1) is 14.8. The molecule has 1 aromatic carbocycles.